The minimum atomic E-state index is -0.0244. The van der Waals surface area contributed by atoms with E-state index in [1.807, 2.05) is 31.2 Å². The first kappa shape index (κ1) is 14.0. The number of methoxy groups -OCH3 is 1. The van der Waals surface area contributed by atoms with E-state index in [0.717, 1.165) is 23.3 Å². The van der Waals surface area contributed by atoms with Gasteiger partial charge in [0.05, 0.1) is 7.11 Å². The molecule has 0 spiro atoms. The van der Waals surface area contributed by atoms with Crippen LogP contribution in [0, 0.1) is 0 Å². The zero-order chi connectivity index (χ0) is 10.6. The summed E-state index contributed by atoms with van der Waals surface area (Å²) in [4.78, 5) is 0. The van der Waals surface area contributed by atoms with Gasteiger partial charge in [-0.05, 0) is 19.4 Å². The molecule has 0 bridgehead atoms. The first-order valence-electron chi connectivity index (χ1n) is 4.68. The fourth-order valence-electron chi connectivity index (χ4n) is 1.46. The van der Waals surface area contributed by atoms with Gasteiger partial charge >= 0.3 is 0 Å². The molecule has 84 valence electrons. The lowest BCUT2D eigenvalue weighted by Crippen LogP contribution is -2.11. The fourth-order valence-corrected chi connectivity index (χ4v) is 1.46. The van der Waals surface area contributed by atoms with Gasteiger partial charge in [-0.1, -0.05) is 23.8 Å². The molecule has 0 heterocycles. The van der Waals surface area contributed by atoms with E-state index in [4.69, 9.17) is 10.5 Å². The Balaban J connectivity index is 0.00000196. The second-order valence-electron chi connectivity index (χ2n) is 3.51. The first-order chi connectivity index (χ1) is 6.65. The summed E-state index contributed by atoms with van der Waals surface area (Å²) in [5.74, 6) is 0.848. The molecule has 0 unspecified atom stereocenters. The molecule has 2 N–H and O–H groups in total. The highest BCUT2D eigenvalue weighted by Crippen LogP contribution is 2.26. The molecule has 0 aliphatic rings. The molecule has 1 atom stereocenters. The van der Waals surface area contributed by atoms with Crippen LogP contribution in [0.3, 0.4) is 0 Å². The van der Waals surface area contributed by atoms with Gasteiger partial charge in [0, 0.05) is 11.6 Å². The summed E-state index contributed by atoms with van der Waals surface area (Å²) >= 11 is 0. The SMILES string of the molecule is C=C(C)C[C@@H](N)c1ccccc1OC.Cl. The lowest BCUT2D eigenvalue weighted by molar-refractivity contribution is 0.405. The van der Waals surface area contributed by atoms with E-state index in [1.54, 1.807) is 7.11 Å². The van der Waals surface area contributed by atoms with E-state index < -0.39 is 0 Å². The van der Waals surface area contributed by atoms with Crippen molar-refractivity contribution in [1.82, 2.24) is 0 Å². The van der Waals surface area contributed by atoms with E-state index in [2.05, 4.69) is 6.58 Å². The number of hydrogen-bond acceptors (Lipinski definition) is 2. The summed E-state index contributed by atoms with van der Waals surface area (Å²) in [6, 6.07) is 7.80. The number of halogens is 1. The van der Waals surface area contributed by atoms with Crippen molar-refractivity contribution in [2.24, 2.45) is 5.73 Å². The zero-order valence-corrected chi connectivity index (χ0v) is 10.0. The highest BCUT2D eigenvalue weighted by Gasteiger charge is 2.10. The molecule has 0 aromatic heterocycles. The van der Waals surface area contributed by atoms with Crippen molar-refractivity contribution in [2.75, 3.05) is 7.11 Å². The van der Waals surface area contributed by atoms with Crippen molar-refractivity contribution in [3.8, 4) is 5.75 Å². The Hall–Kier alpha value is -0.990. The summed E-state index contributed by atoms with van der Waals surface area (Å²) in [5.41, 5.74) is 8.16. The van der Waals surface area contributed by atoms with E-state index in [9.17, 15) is 0 Å². The lowest BCUT2D eigenvalue weighted by atomic mass is 10.0. The molecule has 0 saturated carbocycles. The van der Waals surface area contributed by atoms with Crippen LogP contribution in [0.2, 0.25) is 0 Å². The summed E-state index contributed by atoms with van der Waals surface area (Å²) in [6.45, 7) is 5.84. The number of ether oxygens (including phenoxy) is 1. The monoisotopic (exact) mass is 227 g/mol. The van der Waals surface area contributed by atoms with Crippen molar-refractivity contribution in [2.45, 2.75) is 19.4 Å². The van der Waals surface area contributed by atoms with Crippen LogP contribution in [0.5, 0.6) is 5.75 Å². The molecule has 0 amide bonds. The second-order valence-corrected chi connectivity index (χ2v) is 3.51. The van der Waals surface area contributed by atoms with Crippen molar-refractivity contribution in [1.29, 1.82) is 0 Å². The Morgan fingerprint density at radius 3 is 2.60 bits per heavy atom. The van der Waals surface area contributed by atoms with Crippen LogP contribution in [0.1, 0.15) is 24.9 Å². The molecule has 0 aliphatic carbocycles. The van der Waals surface area contributed by atoms with Gasteiger partial charge in [-0.2, -0.15) is 0 Å². The average molecular weight is 228 g/mol. The Morgan fingerprint density at radius 2 is 2.07 bits per heavy atom. The predicted molar refractivity (Wildman–Crippen MR) is 66.6 cm³/mol. The van der Waals surface area contributed by atoms with Gasteiger partial charge in [-0.3, -0.25) is 0 Å². The van der Waals surface area contributed by atoms with Crippen molar-refractivity contribution >= 4 is 12.4 Å². The third kappa shape index (κ3) is 3.94. The smallest absolute Gasteiger partial charge is 0.123 e. The minimum absolute atomic E-state index is 0. The van der Waals surface area contributed by atoms with Crippen molar-refractivity contribution in [3.63, 3.8) is 0 Å². The molecule has 1 aromatic rings. The largest absolute Gasteiger partial charge is 0.496 e. The quantitative estimate of drug-likeness (QED) is 0.803. The zero-order valence-electron chi connectivity index (χ0n) is 9.19. The number of nitrogens with two attached hydrogens (primary N) is 1. The first-order valence-corrected chi connectivity index (χ1v) is 4.68. The van der Waals surface area contributed by atoms with Crippen molar-refractivity contribution < 1.29 is 4.74 Å². The third-order valence-electron chi connectivity index (χ3n) is 2.11. The molecule has 15 heavy (non-hydrogen) atoms. The maximum atomic E-state index is 6.03. The van der Waals surface area contributed by atoms with E-state index >= 15 is 0 Å². The summed E-state index contributed by atoms with van der Waals surface area (Å²) < 4.78 is 5.24. The molecular formula is C12H18ClNO. The van der Waals surface area contributed by atoms with E-state index in [-0.39, 0.29) is 18.4 Å². The van der Waals surface area contributed by atoms with Gasteiger partial charge in [0.2, 0.25) is 0 Å². The van der Waals surface area contributed by atoms with E-state index in [1.165, 1.54) is 0 Å². The third-order valence-corrected chi connectivity index (χ3v) is 2.11. The number of rotatable bonds is 4. The second kappa shape index (κ2) is 6.49. The van der Waals surface area contributed by atoms with Crippen LogP contribution in [-0.4, -0.2) is 7.11 Å². The standard InChI is InChI=1S/C12H17NO.ClH/c1-9(2)8-11(13)10-6-4-5-7-12(10)14-3;/h4-7,11H,1,8,13H2,2-3H3;1H/t11-;/m1./s1. The highest BCUT2D eigenvalue weighted by molar-refractivity contribution is 5.85. The summed E-state index contributed by atoms with van der Waals surface area (Å²) in [5, 5.41) is 0. The van der Waals surface area contributed by atoms with Gasteiger partial charge in [0.1, 0.15) is 5.75 Å². The normalized spacial score (nSPS) is 11.4. The van der Waals surface area contributed by atoms with E-state index in [0.29, 0.717) is 0 Å². The van der Waals surface area contributed by atoms with Gasteiger partial charge in [0.15, 0.2) is 0 Å². The Kier molecular flexibility index (Phi) is 6.06. The fraction of sp³-hybridized carbons (Fsp3) is 0.333. The number of benzene rings is 1. The van der Waals surface area contributed by atoms with Gasteiger partial charge in [-0.25, -0.2) is 0 Å². The van der Waals surface area contributed by atoms with Crippen LogP contribution >= 0.6 is 12.4 Å². The Labute approximate surface area is 97.5 Å². The van der Waals surface area contributed by atoms with Crippen LogP contribution in [0.4, 0.5) is 0 Å². The molecule has 0 radical (unpaired) electrons. The summed E-state index contributed by atoms with van der Waals surface area (Å²) in [6.07, 6.45) is 0.792. The minimum Gasteiger partial charge on any atom is -0.496 e. The molecule has 0 aliphatic heterocycles. The maximum absolute atomic E-state index is 6.03. The molecule has 1 aromatic carbocycles. The van der Waals surface area contributed by atoms with Crippen LogP contribution in [0.25, 0.3) is 0 Å². The molecule has 1 rings (SSSR count). The van der Waals surface area contributed by atoms with Crippen LogP contribution in [0.15, 0.2) is 36.4 Å². The Bertz CT molecular complexity index is 325. The average Bonchev–Trinajstić information content (AvgIpc) is 2.16. The topological polar surface area (TPSA) is 35.2 Å². The predicted octanol–water partition coefficient (Wildman–Crippen LogP) is 3.08. The molecular weight excluding hydrogens is 210 g/mol. The molecule has 2 nitrogen and oxygen atoms in total. The number of para-hydroxylation sites is 1. The van der Waals surface area contributed by atoms with Crippen LogP contribution < -0.4 is 10.5 Å². The maximum Gasteiger partial charge on any atom is 0.123 e. The molecule has 0 fully saturated rings. The van der Waals surface area contributed by atoms with Gasteiger partial charge in [-0.15, -0.1) is 19.0 Å². The van der Waals surface area contributed by atoms with Gasteiger partial charge in [0.25, 0.3) is 0 Å². The lowest BCUT2D eigenvalue weighted by Gasteiger charge is -2.15. The molecule has 0 saturated heterocycles. The van der Waals surface area contributed by atoms with Gasteiger partial charge < -0.3 is 10.5 Å². The molecule has 3 heteroatoms. The van der Waals surface area contributed by atoms with Crippen LogP contribution in [-0.2, 0) is 0 Å². The number of hydrogen-bond donors (Lipinski definition) is 1. The Morgan fingerprint density at radius 1 is 1.47 bits per heavy atom. The highest BCUT2D eigenvalue weighted by atomic mass is 35.5. The van der Waals surface area contributed by atoms with Crippen molar-refractivity contribution in [3.05, 3.63) is 42.0 Å². The summed E-state index contributed by atoms with van der Waals surface area (Å²) in [7, 11) is 1.66.